The van der Waals surface area contributed by atoms with Crippen molar-refractivity contribution in [3.05, 3.63) is 47.8 Å². The van der Waals surface area contributed by atoms with Crippen molar-refractivity contribution in [3.8, 4) is 0 Å². The standard InChI is InChI=1S/C19H23N5O4S2/c1-5-9-20-19-22-15(12-29-19)18(25)28-11-17-21-14-10-13(30(26,27)23(3)4)7-8-16(14)24(17)6-2/h5,7-8,10,12H,1,6,9,11H2,2-4H3,(H,20,22). The van der Waals surface area contributed by atoms with Crippen LogP contribution in [0.5, 0.6) is 0 Å². The molecule has 11 heteroatoms. The number of benzene rings is 1. The molecule has 30 heavy (non-hydrogen) atoms. The largest absolute Gasteiger partial charge is 0.453 e. The summed E-state index contributed by atoms with van der Waals surface area (Å²) in [5.74, 6) is -0.0241. The van der Waals surface area contributed by atoms with Crippen LogP contribution in [0.4, 0.5) is 5.13 Å². The molecule has 0 aliphatic rings. The Hall–Kier alpha value is -2.76. The first-order valence-electron chi connectivity index (χ1n) is 9.17. The first-order valence-corrected chi connectivity index (χ1v) is 11.5. The second kappa shape index (κ2) is 8.94. The highest BCUT2D eigenvalue weighted by molar-refractivity contribution is 7.89. The average Bonchev–Trinajstić information content (AvgIpc) is 3.33. The van der Waals surface area contributed by atoms with Gasteiger partial charge >= 0.3 is 5.97 Å². The molecule has 160 valence electrons. The molecule has 2 aromatic heterocycles. The molecule has 0 saturated carbocycles. The van der Waals surface area contributed by atoms with Gasteiger partial charge in [-0.3, -0.25) is 0 Å². The number of aryl methyl sites for hydroxylation is 1. The highest BCUT2D eigenvalue weighted by Crippen LogP contribution is 2.23. The Morgan fingerprint density at radius 3 is 2.80 bits per heavy atom. The first kappa shape index (κ1) is 21.9. The topological polar surface area (TPSA) is 106 Å². The maximum atomic E-state index is 12.4. The van der Waals surface area contributed by atoms with Crippen LogP contribution in [0.2, 0.25) is 0 Å². The van der Waals surface area contributed by atoms with Gasteiger partial charge in [0.05, 0.1) is 15.9 Å². The summed E-state index contributed by atoms with van der Waals surface area (Å²) in [5.41, 5.74) is 1.51. The van der Waals surface area contributed by atoms with Crippen LogP contribution in [0.15, 0.2) is 41.1 Å². The quantitative estimate of drug-likeness (QED) is 0.395. The molecule has 3 aromatic rings. The number of aromatic nitrogens is 3. The van der Waals surface area contributed by atoms with E-state index in [1.54, 1.807) is 23.6 Å². The summed E-state index contributed by atoms with van der Waals surface area (Å²) in [7, 11) is -0.609. The predicted octanol–water partition coefficient (Wildman–Crippen LogP) is 2.72. The normalized spacial score (nSPS) is 11.7. The Kier molecular flexibility index (Phi) is 6.54. The fourth-order valence-electron chi connectivity index (χ4n) is 2.81. The number of ether oxygens (including phenoxy) is 1. The van der Waals surface area contributed by atoms with Crippen molar-refractivity contribution >= 4 is 43.5 Å². The van der Waals surface area contributed by atoms with Gasteiger partial charge in [-0.05, 0) is 25.1 Å². The number of nitrogens with one attached hydrogen (secondary N) is 1. The molecule has 2 heterocycles. The summed E-state index contributed by atoms with van der Waals surface area (Å²) in [5, 5.41) is 5.25. The van der Waals surface area contributed by atoms with Gasteiger partial charge in [0.25, 0.3) is 0 Å². The number of carbonyl (C=O) groups excluding carboxylic acids is 1. The second-order valence-electron chi connectivity index (χ2n) is 6.49. The molecule has 0 spiro atoms. The molecule has 0 atom stereocenters. The number of nitrogens with zero attached hydrogens (tertiary/aromatic N) is 4. The molecule has 0 radical (unpaired) electrons. The van der Waals surface area contributed by atoms with Gasteiger partial charge in [0.2, 0.25) is 10.0 Å². The Bertz CT molecular complexity index is 1180. The lowest BCUT2D eigenvalue weighted by atomic mass is 10.3. The lowest BCUT2D eigenvalue weighted by Gasteiger charge is -2.11. The van der Waals surface area contributed by atoms with Crippen LogP contribution in [0.25, 0.3) is 11.0 Å². The molecule has 0 aliphatic heterocycles. The number of sulfonamides is 1. The number of hydrogen-bond acceptors (Lipinski definition) is 8. The summed E-state index contributed by atoms with van der Waals surface area (Å²) in [4.78, 5) is 21.2. The minimum atomic E-state index is -3.57. The molecule has 0 fully saturated rings. The Morgan fingerprint density at radius 2 is 2.13 bits per heavy atom. The Balaban J connectivity index is 1.81. The van der Waals surface area contributed by atoms with Gasteiger partial charge in [-0.2, -0.15) is 0 Å². The van der Waals surface area contributed by atoms with Crippen LogP contribution in [-0.2, 0) is 27.9 Å². The number of thiazole rings is 1. The second-order valence-corrected chi connectivity index (χ2v) is 9.50. The van der Waals surface area contributed by atoms with Gasteiger partial charge in [-0.1, -0.05) is 6.08 Å². The number of rotatable bonds is 9. The lowest BCUT2D eigenvalue weighted by molar-refractivity contribution is 0.0453. The van der Waals surface area contributed by atoms with E-state index in [0.29, 0.717) is 29.6 Å². The molecule has 0 unspecified atom stereocenters. The zero-order valence-corrected chi connectivity index (χ0v) is 18.6. The van der Waals surface area contributed by atoms with E-state index in [2.05, 4.69) is 21.9 Å². The number of imidazole rings is 1. The molecular weight excluding hydrogens is 426 g/mol. The van der Waals surface area contributed by atoms with Crippen molar-refractivity contribution in [2.75, 3.05) is 26.0 Å². The third-order valence-corrected chi connectivity index (χ3v) is 6.95. The van der Waals surface area contributed by atoms with E-state index in [1.807, 2.05) is 11.5 Å². The average molecular weight is 450 g/mol. The number of fused-ring (bicyclic) bond motifs is 1. The predicted molar refractivity (Wildman–Crippen MR) is 116 cm³/mol. The van der Waals surface area contributed by atoms with Crippen molar-refractivity contribution in [2.45, 2.75) is 25.0 Å². The molecular formula is C19H23N5O4S2. The van der Waals surface area contributed by atoms with E-state index < -0.39 is 16.0 Å². The Morgan fingerprint density at radius 1 is 1.37 bits per heavy atom. The van der Waals surface area contributed by atoms with E-state index in [0.717, 1.165) is 9.82 Å². The Labute approximate surface area is 179 Å². The van der Waals surface area contributed by atoms with Crippen LogP contribution in [0.1, 0.15) is 23.2 Å². The van der Waals surface area contributed by atoms with Crippen LogP contribution in [0, 0.1) is 0 Å². The lowest BCUT2D eigenvalue weighted by Crippen LogP contribution is -2.22. The van der Waals surface area contributed by atoms with Crippen LogP contribution in [0.3, 0.4) is 0 Å². The maximum absolute atomic E-state index is 12.4. The zero-order valence-electron chi connectivity index (χ0n) is 17.0. The first-order chi connectivity index (χ1) is 14.3. The fraction of sp³-hybridized carbons (Fsp3) is 0.316. The molecule has 1 aromatic carbocycles. The molecule has 9 nitrogen and oxygen atoms in total. The summed E-state index contributed by atoms with van der Waals surface area (Å²) in [6.45, 7) is 6.65. The van der Waals surface area contributed by atoms with Crippen molar-refractivity contribution in [1.82, 2.24) is 18.8 Å². The highest BCUT2D eigenvalue weighted by Gasteiger charge is 2.20. The fourth-order valence-corrected chi connectivity index (χ4v) is 4.42. The number of carbonyl (C=O) groups is 1. The summed E-state index contributed by atoms with van der Waals surface area (Å²) >= 11 is 1.30. The zero-order chi connectivity index (χ0) is 21.9. The number of hydrogen-bond donors (Lipinski definition) is 1. The van der Waals surface area contributed by atoms with Gasteiger partial charge < -0.3 is 14.6 Å². The van der Waals surface area contributed by atoms with Crippen molar-refractivity contribution in [3.63, 3.8) is 0 Å². The number of anilines is 1. The van der Waals surface area contributed by atoms with Gasteiger partial charge in [-0.25, -0.2) is 27.5 Å². The summed E-state index contributed by atoms with van der Waals surface area (Å²) in [6.07, 6.45) is 1.70. The summed E-state index contributed by atoms with van der Waals surface area (Å²) < 4.78 is 33.2. The van der Waals surface area contributed by atoms with Gasteiger partial charge in [-0.15, -0.1) is 17.9 Å². The van der Waals surface area contributed by atoms with Crippen molar-refractivity contribution in [1.29, 1.82) is 0 Å². The molecule has 0 amide bonds. The minimum absolute atomic E-state index is 0.0515. The maximum Gasteiger partial charge on any atom is 0.358 e. The van der Waals surface area contributed by atoms with E-state index >= 15 is 0 Å². The molecule has 0 bridgehead atoms. The van der Waals surface area contributed by atoms with Crippen LogP contribution < -0.4 is 5.32 Å². The molecule has 3 rings (SSSR count). The van der Waals surface area contributed by atoms with Crippen LogP contribution in [-0.4, -0.2) is 53.9 Å². The third kappa shape index (κ3) is 4.37. The van der Waals surface area contributed by atoms with E-state index in [4.69, 9.17) is 4.74 Å². The molecule has 0 saturated heterocycles. The monoisotopic (exact) mass is 449 g/mol. The van der Waals surface area contributed by atoms with Crippen molar-refractivity contribution in [2.24, 2.45) is 0 Å². The smallest absolute Gasteiger partial charge is 0.358 e. The highest BCUT2D eigenvalue weighted by atomic mass is 32.2. The molecule has 0 aliphatic carbocycles. The summed E-state index contributed by atoms with van der Waals surface area (Å²) in [6, 6.07) is 4.79. The van der Waals surface area contributed by atoms with Crippen LogP contribution >= 0.6 is 11.3 Å². The SMILES string of the molecule is C=CCNc1nc(C(=O)OCc2nc3cc(S(=O)(=O)N(C)C)ccc3n2CC)cs1. The number of esters is 1. The van der Waals surface area contributed by atoms with E-state index in [-0.39, 0.29) is 17.2 Å². The van der Waals surface area contributed by atoms with E-state index in [1.165, 1.54) is 31.5 Å². The van der Waals surface area contributed by atoms with E-state index in [9.17, 15) is 13.2 Å². The van der Waals surface area contributed by atoms with Gasteiger partial charge in [0.1, 0.15) is 12.4 Å². The molecule has 1 N–H and O–H groups in total. The third-order valence-electron chi connectivity index (χ3n) is 4.34. The van der Waals surface area contributed by atoms with Gasteiger partial charge in [0.15, 0.2) is 10.8 Å². The van der Waals surface area contributed by atoms with Gasteiger partial charge in [0, 0.05) is 32.6 Å². The van der Waals surface area contributed by atoms with Crippen molar-refractivity contribution < 1.29 is 17.9 Å². The minimum Gasteiger partial charge on any atom is -0.453 e.